The molecule has 1 aromatic rings. The quantitative estimate of drug-likeness (QED) is 0.815. The van der Waals surface area contributed by atoms with Crippen LogP contribution >= 0.6 is 11.3 Å². The maximum absolute atomic E-state index is 6.39. The van der Waals surface area contributed by atoms with E-state index < -0.39 is 0 Å². The molecule has 0 aromatic carbocycles. The number of nitrogens with two attached hydrogens (primary N) is 1. The lowest BCUT2D eigenvalue weighted by Crippen LogP contribution is -2.39. The van der Waals surface area contributed by atoms with Gasteiger partial charge in [0.15, 0.2) is 0 Å². The second kappa shape index (κ2) is 3.31. The second-order valence-electron chi connectivity index (χ2n) is 5.31. The van der Waals surface area contributed by atoms with Crippen LogP contribution in [0.25, 0.3) is 0 Å². The SMILES string of the molecule is CC1(C)CCC(N)(Cc2nccs2)C1. The molecule has 1 aliphatic rings. The zero-order valence-electron chi connectivity index (χ0n) is 8.92. The van der Waals surface area contributed by atoms with Crippen molar-refractivity contribution in [3.05, 3.63) is 16.6 Å². The Morgan fingerprint density at radius 3 is 2.79 bits per heavy atom. The van der Waals surface area contributed by atoms with Crippen LogP contribution in [0.2, 0.25) is 0 Å². The van der Waals surface area contributed by atoms with E-state index in [2.05, 4.69) is 18.8 Å². The van der Waals surface area contributed by atoms with Crippen LogP contribution in [0.1, 0.15) is 38.1 Å². The molecule has 1 aliphatic carbocycles. The van der Waals surface area contributed by atoms with Crippen LogP contribution in [-0.2, 0) is 6.42 Å². The van der Waals surface area contributed by atoms with Crippen molar-refractivity contribution in [1.82, 2.24) is 4.98 Å². The molecule has 1 fully saturated rings. The number of hydrogen-bond acceptors (Lipinski definition) is 3. The van der Waals surface area contributed by atoms with Gasteiger partial charge in [0.25, 0.3) is 0 Å². The van der Waals surface area contributed by atoms with E-state index in [4.69, 9.17) is 5.73 Å². The summed E-state index contributed by atoms with van der Waals surface area (Å²) >= 11 is 1.72. The molecule has 78 valence electrons. The molecule has 0 bridgehead atoms. The fourth-order valence-corrected chi connectivity index (χ4v) is 3.28. The summed E-state index contributed by atoms with van der Waals surface area (Å²) in [7, 11) is 0. The normalized spacial score (nSPS) is 30.8. The van der Waals surface area contributed by atoms with Crippen molar-refractivity contribution in [3.63, 3.8) is 0 Å². The highest BCUT2D eigenvalue weighted by Gasteiger charge is 2.40. The van der Waals surface area contributed by atoms with Gasteiger partial charge < -0.3 is 5.73 Å². The Labute approximate surface area is 89.5 Å². The third-order valence-corrected chi connectivity index (χ3v) is 3.90. The lowest BCUT2D eigenvalue weighted by atomic mass is 9.87. The van der Waals surface area contributed by atoms with E-state index in [1.54, 1.807) is 11.3 Å². The predicted octanol–water partition coefficient (Wildman–Crippen LogP) is 2.59. The van der Waals surface area contributed by atoms with Gasteiger partial charge in [0.2, 0.25) is 0 Å². The number of aromatic nitrogens is 1. The molecular formula is C11H18N2S. The highest BCUT2D eigenvalue weighted by Crippen LogP contribution is 2.43. The minimum absolute atomic E-state index is 0.00134. The van der Waals surface area contributed by atoms with Crippen LogP contribution in [0, 0.1) is 5.41 Å². The molecule has 1 aromatic heterocycles. The standard InChI is InChI=1S/C11H18N2S/c1-10(2)3-4-11(12,8-10)7-9-13-5-6-14-9/h5-6H,3-4,7-8,12H2,1-2H3. The van der Waals surface area contributed by atoms with E-state index in [9.17, 15) is 0 Å². The number of thiazole rings is 1. The Morgan fingerprint density at radius 1 is 1.50 bits per heavy atom. The lowest BCUT2D eigenvalue weighted by molar-refractivity contribution is 0.334. The van der Waals surface area contributed by atoms with Crippen molar-refractivity contribution in [1.29, 1.82) is 0 Å². The predicted molar refractivity (Wildman–Crippen MR) is 60.4 cm³/mol. The van der Waals surface area contributed by atoms with Crippen LogP contribution in [0.5, 0.6) is 0 Å². The zero-order chi connectivity index (χ0) is 10.2. The van der Waals surface area contributed by atoms with Crippen LogP contribution in [0.3, 0.4) is 0 Å². The summed E-state index contributed by atoms with van der Waals surface area (Å²) in [5, 5.41) is 3.21. The van der Waals surface area contributed by atoms with Crippen molar-refractivity contribution in [2.75, 3.05) is 0 Å². The maximum atomic E-state index is 6.39. The average Bonchev–Trinajstić information content (AvgIpc) is 2.60. The summed E-state index contributed by atoms with van der Waals surface area (Å²) in [4.78, 5) is 4.31. The molecule has 1 unspecified atom stereocenters. The molecule has 1 heterocycles. The molecule has 2 rings (SSSR count). The third kappa shape index (κ3) is 2.15. The lowest BCUT2D eigenvalue weighted by Gasteiger charge is -2.25. The fraction of sp³-hybridized carbons (Fsp3) is 0.727. The third-order valence-electron chi connectivity index (χ3n) is 3.12. The van der Waals surface area contributed by atoms with Crippen LogP contribution < -0.4 is 5.73 Å². The van der Waals surface area contributed by atoms with Crippen LogP contribution in [0.15, 0.2) is 11.6 Å². The molecule has 0 radical (unpaired) electrons. The summed E-state index contributed by atoms with van der Waals surface area (Å²) in [6, 6.07) is 0. The molecular weight excluding hydrogens is 192 g/mol. The highest BCUT2D eigenvalue weighted by atomic mass is 32.1. The second-order valence-corrected chi connectivity index (χ2v) is 6.29. The van der Waals surface area contributed by atoms with Crippen molar-refractivity contribution in [2.24, 2.45) is 11.1 Å². The van der Waals surface area contributed by atoms with E-state index in [1.165, 1.54) is 11.4 Å². The summed E-state index contributed by atoms with van der Waals surface area (Å²) in [5.41, 5.74) is 6.82. The minimum atomic E-state index is 0.00134. The highest BCUT2D eigenvalue weighted by molar-refractivity contribution is 7.09. The average molecular weight is 210 g/mol. The van der Waals surface area contributed by atoms with Crippen molar-refractivity contribution in [3.8, 4) is 0 Å². The Balaban J connectivity index is 2.05. The molecule has 2 N–H and O–H groups in total. The largest absolute Gasteiger partial charge is 0.325 e. The van der Waals surface area contributed by atoms with Gasteiger partial charge >= 0.3 is 0 Å². The first-order valence-corrected chi connectivity index (χ1v) is 6.04. The van der Waals surface area contributed by atoms with Crippen LogP contribution in [0.4, 0.5) is 0 Å². The number of rotatable bonds is 2. The monoisotopic (exact) mass is 210 g/mol. The fourth-order valence-electron chi connectivity index (χ4n) is 2.51. The Hall–Kier alpha value is -0.410. The summed E-state index contributed by atoms with van der Waals surface area (Å²) in [5.74, 6) is 0. The first kappa shape index (κ1) is 10.1. The summed E-state index contributed by atoms with van der Waals surface area (Å²) in [6.45, 7) is 4.62. The molecule has 1 atom stereocenters. The molecule has 0 saturated heterocycles. The van der Waals surface area contributed by atoms with E-state index in [-0.39, 0.29) is 5.54 Å². The van der Waals surface area contributed by atoms with Gasteiger partial charge in [-0.1, -0.05) is 13.8 Å². The molecule has 0 spiro atoms. The molecule has 2 nitrogen and oxygen atoms in total. The van der Waals surface area contributed by atoms with E-state index in [1.807, 2.05) is 11.6 Å². The van der Waals surface area contributed by atoms with Gasteiger partial charge in [-0.2, -0.15) is 0 Å². The van der Waals surface area contributed by atoms with Gasteiger partial charge in [-0.3, -0.25) is 0 Å². The van der Waals surface area contributed by atoms with Crippen molar-refractivity contribution >= 4 is 11.3 Å². The molecule has 3 heteroatoms. The smallest absolute Gasteiger partial charge is 0.0943 e. The first-order valence-electron chi connectivity index (χ1n) is 5.16. The van der Waals surface area contributed by atoms with E-state index in [0.29, 0.717) is 5.41 Å². The summed E-state index contributed by atoms with van der Waals surface area (Å²) < 4.78 is 0. The Bertz CT molecular complexity index is 305. The zero-order valence-corrected chi connectivity index (χ0v) is 9.73. The van der Waals surface area contributed by atoms with Gasteiger partial charge in [0.1, 0.15) is 0 Å². The molecule has 0 aliphatic heterocycles. The topological polar surface area (TPSA) is 38.9 Å². The van der Waals surface area contributed by atoms with E-state index in [0.717, 1.165) is 19.3 Å². The minimum Gasteiger partial charge on any atom is -0.325 e. The number of hydrogen-bond donors (Lipinski definition) is 1. The van der Waals surface area contributed by atoms with Crippen molar-refractivity contribution < 1.29 is 0 Å². The van der Waals surface area contributed by atoms with Gasteiger partial charge in [-0.25, -0.2) is 4.98 Å². The van der Waals surface area contributed by atoms with Gasteiger partial charge in [-0.05, 0) is 24.7 Å². The molecule has 0 amide bonds. The number of nitrogens with zero attached hydrogens (tertiary/aromatic N) is 1. The Morgan fingerprint density at radius 2 is 2.29 bits per heavy atom. The van der Waals surface area contributed by atoms with Gasteiger partial charge in [-0.15, -0.1) is 11.3 Å². The molecule has 14 heavy (non-hydrogen) atoms. The molecule has 1 saturated carbocycles. The van der Waals surface area contributed by atoms with E-state index >= 15 is 0 Å². The maximum Gasteiger partial charge on any atom is 0.0943 e. The van der Waals surface area contributed by atoms with Crippen molar-refractivity contribution in [2.45, 2.75) is 45.1 Å². The van der Waals surface area contributed by atoms with Crippen LogP contribution in [-0.4, -0.2) is 10.5 Å². The summed E-state index contributed by atoms with van der Waals surface area (Å²) in [6.07, 6.45) is 6.32. The van der Waals surface area contributed by atoms with Gasteiger partial charge in [0.05, 0.1) is 5.01 Å². The first-order chi connectivity index (χ1) is 6.49. The Kier molecular flexibility index (Phi) is 2.40. The van der Waals surface area contributed by atoms with Gasteiger partial charge in [0, 0.05) is 23.5 Å².